The molecular formula is C14H23NO. The maximum Gasteiger partial charge on any atom is 0.223 e. The van der Waals surface area contributed by atoms with Crippen LogP contribution in [-0.2, 0) is 4.79 Å². The van der Waals surface area contributed by atoms with Gasteiger partial charge in [-0.05, 0) is 42.4 Å². The molecule has 2 heteroatoms. The minimum atomic E-state index is 0.442. The number of rotatable bonds is 3. The summed E-state index contributed by atoms with van der Waals surface area (Å²) >= 11 is 0. The van der Waals surface area contributed by atoms with Crippen molar-refractivity contribution in [2.75, 3.05) is 6.54 Å². The van der Waals surface area contributed by atoms with E-state index in [1.54, 1.807) is 0 Å². The largest absolute Gasteiger partial charge is 0.339 e. The maximum absolute atomic E-state index is 12.2. The monoisotopic (exact) mass is 221 g/mol. The first-order valence-corrected chi connectivity index (χ1v) is 6.85. The number of hydrogen-bond acceptors (Lipinski definition) is 1. The van der Waals surface area contributed by atoms with Crippen molar-refractivity contribution in [2.45, 2.75) is 52.5 Å². The summed E-state index contributed by atoms with van der Waals surface area (Å²) in [7, 11) is 0. The summed E-state index contributed by atoms with van der Waals surface area (Å²) in [6, 6.07) is 0.547. The van der Waals surface area contributed by atoms with Crippen molar-refractivity contribution in [3.63, 3.8) is 0 Å². The zero-order valence-corrected chi connectivity index (χ0v) is 10.7. The molecule has 0 bridgehead atoms. The molecule has 1 aliphatic heterocycles. The molecule has 1 amide bonds. The van der Waals surface area contributed by atoms with Crippen molar-refractivity contribution in [2.24, 2.45) is 23.2 Å². The Kier molecular flexibility index (Phi) is 2.15. The predicted octanol–water partition coefficient (Wildman–Crippen LogP) is 2.68. The van der Waals surface area contributed by atoms with Crippen LogP contribution in [0, 0.1) is 23.2 Å². The van der Waals surface area contributed by atoms with Crippen molar-refractivity contribution in [3.8, 4) is 0 Å². The van der Waals surface area contributed by atoms with E-state index in [9.17, 15) is 4.79 Å². The van der Waals surface area contributed by atoms with E-state index in [4.69, 9.17) is 0 Å². The third-order valence-electron chi connectivity index (χ3n) is 5.25. The fraction of sp³-hybridized carbons (Fsp3) is 0.929. The van der Waals surface area contributed by atoms with Crippen molar-refractivity contribution >= 4 is 5.91 Å². The van der Waals surface area contributed by atoms with Crippen molar-refractivity contribution < 1.29 is 4.79 Å². The Hall–Kier alpha value is -0.530. The molecule has 2 saturated carbocycles. The zero-order chi connectivity index (χ0) is 11.5. The smallest absolute Gasteiger partial charge is 0.223 e. The first-order valence-electron chi connectivity index (χ1n) is 6.85. The van der Waals surface area contributed by atoms with Crippen LogP contribution in [-0.4, -0.2) is 23.4 Å². The SMILES string of the molecule is CC[C@@H]1[C@@H]2C(CN1C(=O)CC1CC1)C2(C)C. The van der Waals surface area contributed by atoms with Gasteiger partial charge in [-0.1, -0.05) is 20.8 Å². The Morgan fingerprint density at radius 1 is 1.38 bits per heavy atom. The molecule has 0 radical (unpaired) electrons. The third kappa shape index (κ3) is 1.42. The van der Waals surface area contributed by atoms with Crippen LogP contribution in [0.25, 0.3) is 0 Å². The number of likely N-dealkylation sites (tertiary alicyclic amines) is 1. The van der Waals surface area contributed by atoms with E-state index in [0.29, 0.717) is 17.4 Å². The summed E-state index contributed by atoms with van der Waals surface area (Å²) in [5.41, 5.74) is 0.511. The van der Waals surface area contributed by atoms with Crippen LogP contribution in [0.15, 0.2) is 0 Å². The lowest BCUT2D eigenvalue weighted by atomic mass is 9.99. The molecule has 0 aromatic heterocycles. The molecule has 16 heavy (non-hydrogen) atoms. The van der Waals surface area contributed by atoms with Gasteiger partial charge in [0, 0.05) is 19.0 Å². The molecule has 2 nitrogen and oxygen atoms in total. The third-order valence-corrected chi connectivity index (χ3v) is 5.25. The highest BCUT2D eigenvalue weighted by Gasteiger charge is 2.66. The fourth-order valence-electron chi connectivity index (χ4n) is 3.89. The van der Waals surface area contributed by atoms with E-state index in [0.717, 1.165) is 37.1 Å². The molecule has 3 aliphatic rings. The number of piperidine rings is 1. The molecule has 1 unspecified atom stereocenters. The van der Waals surface area contributed by atoms with Gasteiger partial charge in [0.05, 0.1) is 0 Å². The topological polar surface area (TPSA) is 20.3 Å². The number of carbonyl (C=O) groups excluding carboxylic acids is 1. The van der Waals surface area contributed by atoms with Crippen LogP contribution in [0.4, 0.5) is 0 Å². The first-order chi connectivity index (χ1) is 7.55. The molecular weight excluding hydrogens is 198 g/mol. The van der Waals surface area contributed by atoms with Crippen LogP contribution >= 0.6 is 0 Å². The summed E-state index contributed by atoms with van der Waals surface area (Å²) in [5.74, 6) is 2.76. The summed E-state index contributed by atoms with van der Waals surface area (Å²) in [5, 5.41) is 0. The number of hydrogen-bond donors (Lipinski definition) is 0. The van der Waals surface area contributed by atoms with Crippen LogP contribution in [0.3, 0.4) is 0 Å². The number of fused-ring (bicyclic) bond motifs is 1. The van der Waals surface area contributed by atoms with Crippen LogP contribution < -0.4 is 0 Å². The van der Waals surface area contributed by atoms with Crippen LogP contribution in [0.2, 0.25) is 0 Å². The molecule has 2 aliphatic carbocycles. The Bertz CT molecular complexity index is 319. The predicted molar refractivity (Wildman–Crippen MR) is 63.9 cm³/mol. The summed E-state index contributed by atoms with van der Waals surface area (Å²) in [4.78, 5) is 14.4. The molecule has 0 N–H and O–H groups in total. The Morgan fingerprint density at radius 3 is 2.62 bits per heavy atom. The maximum atomic E-state index is 12.2. The van der Waals surface area contributed by atoms with E-state index < -0.39 is 0 Å². The highest BCUT2D eigenvalue weighted by atomic mass is 16.2. The van der Waals surface area contributed by atoms with Gasteiger partial charge in [0.1, 0.15) is 0 Å². The molecule has 0 aromatic rings. The van der Waals surface area contributed by atoms with Gasteiger partial charge in [0.15, 0.2) is 0 Å². The minimum absolute atomic E-state index is 0.442. The number of amides is 1. The van der Waals surface area contributed by atoms with Crippen LogP contribution in [0.1, 0.15) is 46.5 Å². The Balaban J connectivity index is 1.66. The molecule has 1 heterocycles. The van der Waals surface area contributed by atoms with E-state index in [2.05, 4.69) is 25.7 Å². The van der Waals surface area contributed by atoms with Gasteiger partial charge in [-0.25, -0.2) is 0 Å². The van der Waals surface area contributed by atoms with Gasteiger partial charge in [-0.3, -0.25) is 4.79 Å². The molecule has 3 fully saturated rings. The second kappa shape index (κ2) is 3.24. The minimum Gasteiger partial charge on any atom is -0.339 e. The normalized spacial score (nSPS) is 39.7. The Labute approximate surface area is 98.4 Å². The van der Waals surface area contributed by atoms with Gasteiger partial charge in [-0.2, -0.15) is 0 Å². The number of nitrogens with zero attached hydrogens (tertiary/aromatic N) is 1. The molecule has 3 atom stereocenters. The zero-order valence-electron chi connectivity index (χ0n) is 10.7. The lowest BCUT2D eigenvalue weighted by Crippen LogP contribution is -2.40. The van der Waals surface area contributed by atoms with Gasteiger partial charge >= 0.3 is 0 Å². The average Bonchev–Trinajstić information content (AvgIpc) is 3.06. The second-order valence-corrected chi connectivity index (χ2v) is 6.62. The quantitative estimate of drug-likeness (QED) is 0.717. The standard InChI is InChI=1S/C14H23NO/c1-4-11-13-10(14(13,2)3)8-15(11)12(16)7-9-5-6-9/h9-11,13H,4-8H2,1-3H3/t10?,11-,13+/m1/s1. The number of carbonyl (C=O) groups is 1. The summed E-state index contributed by atoms with van der Waals surface area (Å²) < 4.78 is 0. The van der Waals surface area contributed by atoms with E-state index >= 15 is 0 Å². The van der Waals surface area contributed by atoms with Gasteiger partial charge in [-0.15, -0.1) is 0 Å². The first kappa shape index (κ1) is 10.6. The lowest BCUT2D eigenvalue weighted by Gasteiger charge is -2.30. The van der Waals surface area contributed by atoms with Crippen molar-refractivity contribution in [1.82, 2.24) is 4.90 Å². The highest BCUT2D eigenvalue weighted by Crippen LogP contribution is 2.65. The Morgan fingerprint density at radius 2 is 2.06 bits per heavy atom. The lowest BCUT2D eigenvalue weighted by molar-refractivity contribution is -0.133. The van der Waals surface area contributed by atoms with E-state index in [-0.39, 0.29) is 0 Å². The van der Waals surface area contributed by atoms with E-state index in [1.807, 2.05) is 0 Å². The highest BCUT2D eigenvalue weighted by molar-refractivity contribution is 5.78. The molecule has 0 aromatic carbocycles. The van der Waals surface area contributed by atoms with Crippen molar-refractivity contribution in [1.29, 1.82) is 0 Å². The fourth-order valence-corrected chi connectivity index (χ4v) is 3.89. The molecule has 90 valence electrons. The van der Waals surface area contributed by atoms with Crippen LogP contribution in [0.5, 0.6) is 0 Å². The van der Waals surface area contributed by atoms with Crippen molar-refractivity contribution in [3.05, 3.63) is 0 Å². The van der Waals surface area contributed by atoms with Gasteiger partial charge < -0.3 is 4.90 Å². The molecule has 3 rings (SSSR count). The molecule has 0 spiro atoms. The summed E-state index contributed by atoms with van der Waals surface area (Å²) in [6.45, 7) is 8.02. The van der Waals surface area contributed by atoms with Gasteiger partial charge in [0.25, 0.3) is 0 Å². The molecule has 1 saturated heterocycles. The second-order valence-electron chi connectivity index (χ2n) is 6.62. The average molecular weight is 221 g/mol. The summed E-state index contributed by atoms with van der Waals surface area (Å²) in [6.07, 6.45) is 4.54. The van der Waals surface area contributed by atoms with Gasteiger partial charge in [0.2, 0.25) is 5.91 Å². The van der Waals surface area contributed by atoms with E-state index in [1.165, 1.54) is 12.8 Å².